The molecule has 0 bridgehead atoms. The number of nitrogens with zero attached hydrogens (tertiary/aromatic N) is 3. The maximum Gasteiger partial charge on any atom is 0.313 e. The highest BCUT2D eigenvalue weighted by atomic mass is 16.6. The number of aromatic nitrogens is 2. The molecule has 0 aliphatic carbocycles. The summed E-state index contributed by atoms with van der Waals surface area (Å²) in [6.07, 6.45) is 1.89. The minimum absolute atomic E-state index is 0.0955. The van der Waals surface area contributed by atoms with Gasteiger partial charge < -0.3 is 5.32 Å². The van der Waals surface area contributed by atoms with E-state index >= 15 is 0 Å². The first-order valence-corrected chi connectivity index (χ1v) is 6.85. The van der Waals surface area contributed by atoms with E-state index in [0.29, 0.717) is 5.69 Å². The number of nitrogens with one attached hydrogen (secondary N) is 1. The first kappa shape index (κ1) is 15.6. The van der Waals surface area contributed by atoms with Gasteiger partial charge in [-0.2, -0.15) is 5.10 Å². The van der Waals surface area contributed by atoms with Crippen molar-refractivity contribution in [1.82, 2.24) is 15.1 Å². The fourth-order valence-electron chi connectivity index (χ4n) is 2.60. The monoisotopic (exact) mass is 268 g/mol. The summed E-state index contributed by atoms with van der Waals surface area (Å²) in [6, 6.07) is 0.193. The number of hydrogen-bond acceptors (Lipinski definition) is 4. The summed E-state index contributed by atoms with van der Waals surface area (Å²) in [6.45, 7) is 8.86. The van der Waals surface area contributed by atoms with Gasteiger partial charge in [0.05, 0.1) is 4.92 Å². The van der Waals surface area contributed by atoms with Gasteiger partial charge in [-0.05, 0) is 33.2 Å². The Kier molecular flexibility index (Phi) is 5.47. The normalized spacial score (nSPS) is 14.4. The molecule has 19 heavy (non-hydrogen) atoms. The van der Waals surface area contributed by atoms with Gasteiger partial charge in [-0.25, -0.2) is 0 Å². The van der Waals surface area contributed by atoms with Crippen molar-refractivity contribution in [2.75, 3.05) is 6.54 Å². The fourth-order valence-corrected chi connectivity index (χ4v) is 2.60. The summed E-state index contributed by atoms with van der Waals surface area (Å²) in [5.74, 6) is 0.0955. The van der Waals surface area contributed by atoms with Gasteiger partial charge in [0.1, 0.15) is 11.4 Å². The predicted molar refractivity (Wildman–Crippen MR) is 75.4 cm³/mol. The van der Waals surface area contributed by atoms with E-state index in [0.717, 1.165) is 25.1 Å². The van der Waals surface area contributed by atoms with Crippen molar-refractivity contribution >= 4 is 5.69 Å². The molecule has 0 radical (unpaired) electrons. The molecule has 0 aliphatic rings. The Morgan fingerprint density at radius 1 is 1.47 bits per heavy atom. The van der Waals surface area contributed by atoms with Crippen LogP contribution in [0.1, 0.15) is 50.9 Å². The molecule has 1 N–H and O–H groups in total. The summed E-state index contributed by atoms with van der Waals surface area (Å²) in [5.41, 5.74) is 1.38. The third kappa shape index (κ3) is 3.32. The average molecular weight is 268 g/mol. The number of hydrogen-bond donors (Lipinski definition) is 1. The highest BCUT2D eigenvalue weighted by Crippen LogP contribution is 2.33. The van der Waals surface area contributed by atoms with Gasteiger partial charge in [0.25, 0.3) is 0 Å². The zero-order chi connectivity index (χ0) is 14.6. The smallest absolute Gasteiger partial charge is 0.313 e. The molecule has 1 aromatic heterocycles. The quantitative estimate of drug-likeness (QED) is 0.609. The van der Waals surface area contributed by atoms with Crippen molar-refractivity contribution in [2.24, 2.45) is 7.05 Å². The van der Waals surface area contributed by atoms with Crippen LogP contribution in [-0.4, -0.2) is 27.3 Å². The van der Waals surface area contributed by atoms with Crippen LogP contribution >= 0.6 is 0 Å². The first-order chi connectivity index (χ1) is 8.93. The Morgan fingerprint density at radius 3 is 2.58 bits per heavy atom. The lowest BCUT2D eigenvalue weighted by Crippen LogP contribution is -2.33. The van der Waals surface area contributed by atoms with Crippen LogP contribution in [0, 0.1) is 17.0 Å². The van der Waals surface area contributed by atoms with Gasteiger partial charge in [-0.3, -0.25) is 14.8 Å². The van der Waals surface area contributed by atoms with Crippen molar-refractivity contribution in [2.45, 2.75) is 52.5 Å². The molecular weight excluding hydrogens is 244 g/mol. The number of rotatable bonds is 7. The van der Waals surface area contributed by atoms with Crippen LogP contribution in [0.3, 0.4) is 0 Å². The van der Waals surface area contributed by atoms with E-state index in [1.807, 2.05) is 0 Å². The van der Waals surface area contributed by atoms with Crippen LogP contribution in [0.15, 0.2) is 0 Å². The van der Waals surface area contributed by atoms with Crippen molar-refractivity contribution in [1.29, 1.82) is 0 Å². The molecular formula is C13H24N4O2. The molecule has 1 rings (SSSR count). The zero-order valence-corrected chi connectivity index (χ0v) is 12.4. The second-order valence-corrected chi connectivity index (χ2v) is 4.96. The van der Waals surface area contributed by atoms with E-state index < -0.39 is 0 Å². The Bertz CT molecular complexity index is 442. The van der Waals surface area contributed by atoms with Gasteiger partial charge in [-0.1, -0.05) is 13.8 Å². The molecule has 108 valence electrons. The summed E-state index contributed by atoms with van der Waals surface area (Å²) in [5, 5.41) is 18.9. The molecule has 0 spiro atoms. The SMILES string of the molecule is CCCNC(C)C(CC)c1c([N+](=O)[O-])c(C)nn1C. The van der Waals surface area contributed by atoms with Gasteiger partial charge in [-0.15, -0.1) is 0 Å². The van der Waals surface area contributed by atoms with Crippen molar-refractivity contribution < 1.29 is 4.92 Å². The molecule has 1 aromatic rings. The minimum atomic E-state index is -0.313. The molecule has 6 nitrogen and oxygen atoms in total. The van der Waals surface area contributed by atoms with Gasteiger partial charge in [0, 0.05) is 19.0 Å². The summed E-state index contributed by atoms with van der Waals surface area (Å²) in [4.78, 5) is 10.9. The van der Waals surface area contributed by atoms with Crippen molar-refractivity contribution in [3.05, 3.63) is 21.5 Å². The molecule has 0 aliphatic heterocycles. The fraction of sp³-hybridized carbons (Fsp3) is 0.769. The Hall–Kier alpha value is -1.43. The van der Waals surface area contributed by atoms with E-state index in [1.54, 1.807) is 18.7 Å². The zero-order valence-electron chi connectivity index (χ0n) is 12.4. The molecule has 1 heterocycles. The highest BCUT2D eigenvalue weighted by molar-refractivity contribution is 5.43. The van der Waals surface area contributed by atoms with Crippen LogP contribution in [0.5, 0.6) is 0 Å². The molecule has 0 aromatic carbocycles. The molecule has 0 amide bonds. The topological polar surface area (TPSA) is 73.0 Å². The third-order valence-corrected chi connectivity index (χ3v) is 3.53. The Labute approximate surface area is 114 Å². The van der Waals surface area contributed by atoms with Gasteiger partial charge >= 0.3 is 5.69 Å². The predicted octanol–water partition coefficient (Wildman–Crippen LogP) is 2.52. The molecule has 6 heteroatoms. The largest absolute Gasteiger partial charge is 0.314 e. The van der Waals surface area contributed by atoms with E-state index in [9.17, 15) is 10.1 Å². The Morgan fingerprint density at radius 2 is 2.11 bits per heavy atom. The van der Waals surface area contributed by atoms with Crippen LogP contribution in [0.4, 0.5) is 5.69 Å². The Balaban J connectivity index is 3.14. The summed E-state index contributed by atoms with van der Waals surface area (Å²) < 4.78 is 1.66. The highest BCUT2D eigenvalue weighted by Gasteiger charge is 2.31. The van der Waals surface area contributed by atoms with Crippen LogP contribution in [0.25, 0.3) is 0 Å². The third-order valence-electron chi connectivity index (χ3n) is 3.53. The maximum absolute atomic E-state index is 11.2. The van der Waals surface area contributed by atoms with Crippen molar-refractivity contribution in [3.63, 3.8) is 0 Å². The molecule has 2 atom stereocenters. The van der Waals surface area contributed by atoms with E-state index in [-0.39, 0.29) is 22.6 Å². The lowest BCUT2D eigenvalue weighted by atomic mass is 9.93. The van der Waals surface area contributed by atoms with Gasteiger partial charge in [0.2, 0.25) is 0 Å². The van der Waals surface area contributed by atoms with E-state index in [1.165, 1.54) is 0 Å². The van der Waals surface area contributed by atoms with Crippen LogP contribution < -0.4 is 5.32 Å². The van der Waals surface area contributed by atoms with Crippen molar-refractivity contribution in [3.8, 4) is 0 Å². The molecule has 0 saturated heterocycles. The molecule has 0 saturated carbocycles. The second kappa shape index (κ2) is 6.65. The lowest BCUT2D eigenvalue weighted by Gasteiger charge is -2.23. The first-order valence-electron chi connectivity index (χ1n) is 6.85. The average Bonchev–Trinajstić information content (AvgIpc) is 2.63. The lowest BCUT2D eigenvalue weighted by molar-refractivity contribution is -0.386. The van der Waals surface area contributed by atoms with Crippen LogP contribution in [-0.2, 0) is 7.05 Å². The summed E-state index contributed by atoms with van der Waals surface area (Å²) in [7, 11) is 1.78. The van der Waals surface area contributed by atoms with E-state index in [4.69, 9.17) is 0 Å². The number of nitro groups is 1. The van der Waals surface area contributed by atoms with E-state index in [2.05, 4.69) is 31.2 Å². The van der Waals surface area contributed by atoms with Gasteiger partial charge in [0.15, 0.2) is 0 Å². The molecule has 2 unspecified atom stereocenters. The standard InChI is InChI=1S/C13H24N4O2/c1-6-8-14-9(3)11(7-2)13-12(17(18)19)10(4)15-16(13)5/h9,11,14H,6-8H2,1-5H3. The number of aryl methyl sites for hydroxylation is 2. The minimum Gasteiger partial charge on any atom is -0.314 e. The summed E-state index contributed by atoms with van der Waals surface area (Å²) >= 11 is 0. The maximum atomic E-state index is 11.2. The second-order valence-electron chi connectivity index (χ2n) is 4.96. The molecule has 0 fully saturated rings. The van der Waals surface area contributed by atoms with Crippen LogP contribution in [0.2, 0.25) is 0 Å².